The second-order valence-corrected chi connectivity index (χ2v) is 5.63. The van der Waals surface area contributed by atoms with Crippen molar-refractivity contribution >= 4 is 40.6 Å². The largest absolute Gasteiger partial charge is 0.355 e. The third kappa shape index (κ3) is 3.40. The SMILES string of the molecule is CCCN(CC1CC1)c1nc(Cl)c(Cl)cc1Cl. The first-order chi connectivity index (χ1) is 8.11. The molecule has 0 radical (unpaired) electrons. The highest BCUT2D eigenvalue weighted by Crippen LogP contribution is 2.35. The van der Waals surface area contributed by atoms with Crippen molar-refractivity contribution in [2.24, 2.45) is 5.92 Å². The van der Waals surface area contributed by atoms with Crippen LogP contribution in [0.3, 0.4) is 0 Å². The Bertz CT molecular complexity index is 405. The van der Waals surface area contributed by atoms with E-state index in [0.717, 1.165) is 31.2 Å². The van der Waals surface area contributed by atoms with Crippen LogP contribution in [0, 0.1) is 5.92 Å². The highest BCUT2D eigenvalue weighted by atomic mass is 35.5. The summed E-state index contributed by atoms with van der Waals surface area (Å²) < 4.78 is 0. The van der Waals surface area contributed by atoms with Gasteiger partial charge in [-0.2, -0.15) is 0 Å². The Morgan fingerprint density at radius 1 is 1.29 bits per heavy atom. The van der Waals surface area contributed by atoms with E-state index < -0.39 is 0 Å². The number of anilines is 1. The molecule has 0 atom stereocenters. The maximum atomic E-state index is 6.19. The minimum absolute atomic E-state index is 0.322. The molecule has 1 saturated carbocycles. The lowest BCUT2D eigenvalue weighted by molar-refractivity contribution is 0.699. The smallest absolute Gasteiger partial charge is 0.150 e. The molecule has 0 saturated heterocycles. The van der Waals surface area contributed by atoms with E-state index >= 15 is 0 Å². The van der Waals surface area contributed by atoms with Gasteiger partial charge in [0.15, 0.2) is 0 Å². The Morgan fingerprint density at radius 2 is 2.00 bits per heavy atom. The lowest BCUT2D eigenvalue weighted by Gasteiger charge is -2.24. The molecule has 1 aliphatic carbocycles. The predicted molar refractivity (Wildman–Crippen MR) is 74.5 cm³/mol. The average Bonchev–Trinajstić information content (AvgIpc) is 3.07. The van der Waals surface area contributed by atoms with Crippen LogP contribution in [0.5, 0.6) is 0 Å². The van der Waals surface area contributed by atoms with E-state index in [-0.39, 0.29) is 0 Å². The molecular weight excluding hydrogens is 279 g/mol. The van der Waals surface area contributed by atoms with Gasteiger partial charge in [0.1, 0.15) is 11.0 Å². The van der Waals surface area contributed by atoms with Gasteiger partial charge in [0.05, 0.1) is 10.0 Å². The zero-order valence-corrected chi connectivity index (χ0v) is 12.0. The minimum atomic E-state index is 0.322. The molecule has 0 aromatic carbocycles. The van der Waals surface area contributed by atoms with Gasteiger partial charge >= 0.3 is 0 Å². The van der Waals surface area contributed by atoms with Gasteiger partial charge in [0.25, 0.3) is 0 Å². The Kier molecular flexibility index (Phi) is 4.40. The molecule has 1 aromatic rings. The van der Waals surface area contributed by atoms with Crippen LogP contribution < -0.4 is 4.90 Å². The molecule has 17 heavy (non-hydrogen) atoms. The number of nitrogens with zero attached hydrogens (tertiary/aromatic N) is 2. The van der Waals surface area contributed by atoms with Crippen LogP contribution in [-0.4, -0.2) is 18.1 Å². The number of hydrogen-bond acceptors (Lipinski definition) is 2. The molecule has 1 fully saturated rings. The Labute approximate surface area is 117 Å². The van der Waals surface area contributed by atoms with Gasteiger partial charge in [-0.05, 0) is 31.2 Å². The van der Waals surface area contributed by atoms with E-state index in [1.54, 1.807) is 6.07 Å². The molecule has 1 aliphatic rings. The normalized spacial score (nSPS) is 15.1. The molecule has 2 rings (SSSR count). The van der Waals surface area contributed by atoms with Gasteiger partial charge in [0.2, 0.25) is 0 Å². The summed E-state index contributed by atoms with van der Waals surface area (Å²) in [6, 6.07) is 1.67. The fourth-order valence-corrected chi connectivity index (χ4v) is 2.44. The monoisotopic (exact) mass is 292 g/mol. The van der Waals surface area contributed by atoms with Crippen LogP contribution in [0.15, 0.2) is 6.07 Å². The second-order valence-electron chi connectivity index (χ2n) is 4.46. The predicted octanol–water partition coefficient (Wildman–Crippen LogP) is 4.67. The van der Waals surface area contributed by atoms with Crippen molar-refractivity contribution in [1.82, 2.24) is 4.98 Å². The highest BCUT2D eigenvalue weighted by molar-refractivity contribution is 6.42. The summed E-state index contributed by atoms with van der Waals surface area (Å²) in [5.74, 6) is 1.55. The third-order valence-electron chi connectivity index (χ3n) is 2.84. The maximum absolute atomic E-state index is 6.19. The molecule has 2 nitrogen and oxygen atoms in total. The molecule has 0 bridgehead atoms. The van der Waals surface area contributed by atoms with Crippen molar-refractivity contribution < 1.29 is 0 Å². The van der Waals surface area contributed by atoms with E-state index in [2.05, 4.69) is 16.8 Å². The molecule has 0 aliphatic heterocycles. The molecule has 1 heterocycles. The van der Waals surface area contributed by atoms with E-state index in [0.29, 0.717) is 15.2 Å². The number of pyridine rings is 1. The van der Waals surface area contributed by atoms with Crippen molar-refractivity contribution in [3.63, 3.8) is 0 Å². The lowest BCUT2D eigenvalue weighted by Crippen LogP contribution is -2.27. The molecule has 94 valence electrons. The summed E-state index contributed by atoms with van der Waals surface area (Å²) in [7, 11) is 0. The summed E-state index contributed by atoms with van der Waals surface area (Å²) in [5, 5.41) is 1.31. The average molecular weight is 294 g/mol. The lowest BCUT2D eigenvalue weighted by atomic mass is 10.3. The molecule has 5 heteroatoms. The van der Waals surface area contributed by atoms with Gasteiger partial charge in [-0.1, -0.05) is 41.7 Å². The fourth-order valence-electron chi connectivity index (χ4n) is 1.82. The highest BCUT2D eigenvalue weighted by Gasteiger charge is 2.26. The molecule has 0 amide bonds. The quantitative estimate of drug-likeness (QED) is 0.734. The summed E-state index contributed by atoms with van der Waals surface area (Å²) >= 11 is 18.0. The van der Waals surface area contributed by atoms with Crippen molar-refractivity contribution in [3.8, 4) is 0 Å². The van der Waals surface area contributed by atoms with Crippen molar-refractivity contribution in [3.05, 3.63) is 21.3 Å². The molecule has 0 unspecified atom stereocenters. The number of aromatic nitrogens is 1. The standard InChI is InChI=1S/C12H15Cl3N2/c1-2-5-17(7-8-3-4-8)12-10(14)6-9(13)11(15)16-12/h6,8H,2-5,7H2,1H3. The van der Waals surface area contributed by atoms with Crippen LogP contribution in [0.1, 0.15) is 26.2 Å². The first-order valence-electron chi connectivity index (χ1n) is 5.88. The van der Waals surface area contributed by atoms with Gasteiger partial charge in [-0.25, -0.2) is 4.98 Å². The zero-order chi connectivity index (χ0) is 12.4. The van der Waals surface area contributed by atoms with Gasteiger partial charge in [-0.3, -0.25) is 0 Å². The van der Waals surface area contributed by atoms with E-state index in [9.17, 15) is 0 Å². The van der Waals surface area contributed by atoms with Gasteiger partial charge < -0.3 is 4.90 Å². The first kappa shape index (κ1) is 13.3. The van der Waals surface area contributed by atoms with E-state index in [1.165, 1.54) is 12.8 Å². The Balaban J connectivity index is 2.23. The van der Waals surface area contributed by atoms with E-state index in [4.69, 9.17) is 34.8 Å². The topological polar surface area (TPSA) is 16.1 Å². The molecular formula is C12H15Cl3N2. The van der Waals surface area contributed by atoms with Crippen molar-refractivity contribution in [1.29, 1.82) is 0 Å². The number of rotatable bonds is 5. The molecule has 0 spiro atoms. The molecule has 1 aromatic heterocycles. The van der Waals surface area contributed by atoms with Crippen molar-refractivity contribution in [2.45, 2.75) is 26.2 Å². The van der Waals surface area contributed by atoms with Crippen LogP contribution >= 0.6 is 34.8 Å². The third-order valence-corrected chi connectivity index (χ3v) is 3.79. The Morgan fingerprint density at radius 3 is 2.59 bits per heavy atom. The second kappa shape index (κ2) is 5.64. The first-order valence-corrected chi connectivity index (χ1v) is 7.01. The van der Waals surface area contributed by atoms with Crippen LogP contribution in [0.2, 0.25) is 15.2 Å². The zero-order valence-electron chi connectivity index (χ0n) is 9.72. The van der Waals surface area contributed by atoms with Crippen LogP contribution in [0.4, 0.5) is 5.82 Å². The summed E-state index contributed by atoms with van der Waals surface area (Å²) in [6.45, 7) is 4.10. The Hall–Kier alpha value is -0.180. The van der Waals surface area contributed by atoms with E-state index in [1.807, 2.05) is 0 Å². The number of hydrogen-bond donors (Lipinski definition) is 0. The molecule has 0 N–H and O–H groups in total. The summed E-state index contributed by atoms with van der Waals surface area (Å²) in [5.41, 5.74) is 0. The van der Waals surface area contributed by atoms with Crippen LogP contribution in [-0.2, 0) is 0 Å². The number of halogens is 3. The fraction of sp³-hybridized carbons (Fsp3) is 0.583. The van der Waals surface area contributed by atoms with Gasteiger partial charge in [0, 0.05) is 13.1 Å². The van der Waals surface area contributed by atoms with Crippen LogP contribution in [0.25, 0.3) is 0 Å². The van der Waals surface area contributed by atoms with Gasteiger partial charge in [-0.15, -0.1) is 0 Å². The minimum Gasteiger partial charge on any atom is -0.355 e. The van der Waals surface area contributed by atoms with Crippen molar-refractivity contribution in [2.75, 3.05) is 18.0 Å². The summed E-state index contributed by atoms with van der Waals surface area (Å²) in [4.78, 5) is 6.51. The summed E-state index contributed by atoms with van der Waals surface area (Å²) in [6.07, 6.45) is 3.67. The maximum Gasteiger partial charge on any atom is 0.150 e.